The van der Waals surface area contributed by atoms with E-state index in [9.17, 15) is 0 Å². The van der Waals surface area contributed by atoms with Gasteiger partial charge in [0.05, 0.1) is 23.4 Å². The molecule has 1 N–H and O–H groups in total. The lowest BCUT2D eigenvalue weighted by Gasteiger charge is -2.29. The van der Waals surface area contributed by atoms with Gasteiger partial charge in [-0.1, -0.05) is 35.9 Å². The maximum atomic E-state index is 6.61. The second-order valence-corrected chi connectivity index (χ2v) is 8.89. The maximum Gasteiger partial charge on any atom is 0.174 e. The minimum Gasteiger partial charge on any atom is -0.490 e. The lowest BCUT2D eigenvalue weighted by Crippen LogP contribution is -2.30. The van der Waals surface area contributed by atoms with Gasteiger partial charge in [0.1, 0.15) is 18.4 Å². The van der Waals surface area contributed by atoms with Gasteiger partial charge in [-0.2, -0.15) is 0 Å². The van der Waals surface area contributed by atoms with Crippen molar-refractivity contribution in [3.8, 4) is 11.4 Å². The monoisotopic (exact) mass is 504 g/mol. The number of nitrogens with zero attached hydrogens (tertiary/aromatic N) is 3. The Kier molecular flexibility index (Phi) is 6.99. The number of thiocarbonyl (C=S) groups is 1. The predicted molar refractivity (Wildman–Crippen MR) is 143 cm³/mol. The first-order chi connectivity index (χ1) is 17.2. The van der Waals surface area contributed by atoms with Crippen LogP contribution in [-0.4, -0.2) is 35.0 Å². The molecular formula is C27H25ClN4O2S. The summed E-state index contributed by atoms with van der Waals surface area (Å²) in [5, 5.41) is 4.62. The Morgan fingerprint density at radius 2 is 1.80 bits per heavy atom. The molecule has 5 rings (SSSR count). The van der Waals surface area contributed by atoms with Gasteiger partial charge >= 0.3 is 0 Å². The van der Waals surface area contributed by atoms with Crippen LogP contribution < -0.4 is 15.0 Å². The van der Waals surface area contributed by atoms with Gasteiger partial charge in [0.15, 0.2) is 5.11 Å². The second-order valence-electron chi connectivity index (χ2n) is 8.09. The van der Waals surface area contributed by atoms with E-state index in [1.165, 1.54) is 0 Å². The topological polar surface area (TPSA) is 51.6 Å². The molecule has 35 heavy (non-hydrogen) atoms. The minimum absolute atomic E-state index is 0.155. The van der Waals surface area contributed by atoms with E-state index in [-0.39, 0.29) is 12.1 Å². The number of para-hydroxylation sites is 1. The molecule has 0 unspecified atom stereocenters. The third-order valence-electron chi connectivity index (χ3n) is 5.95. The molecule has 3 heterocycles. The van der Waals surface area contributed by atoms with E-state index >= 15 is 0 Å². The van der Waals surface area contributed by atoms with Crippen LogP contribution in [-0.2, 0) is 4.74 Å². The number of hydrogen-bond acceptors (Lipinski definition) is 4. The van der Waals surface area contributed by atoms with Crippen LogP contribution in [0.25, 0.3) is 5.69 Å². The van der Waals surface area contributed by atoms with Crippen molar-refractivity contribution in [1.82, 2.24) is 14.9 Å². The van der Waals surface area contributed by atoms with Gasteiger partial charge in [0, 0.05) is 36.6 Å². The third kappa shape index (κ3) is 4.75. The molecule has 178 valence electrons. The number of ether oxygens (including phenoxy) is 2. The quantitative estimate of drug-likeness (QED) is 0.244. The van der Waals surface area contributed by atoms with Crippen molar-refractivity contribution in [2.45, 2.75) is 12.1 Å². The Labute approximate surface area is 215 Å². The first-order valence-electron chi connectivity index (χ1n) is 11.3. The minimum atomic E-state index is -0.163. The van der Waals surface area contributed by atoms with Crippen LogP contribution in [0.5, 0.6) is 5.75 Å². The van der Waals surface area contributed by atoms with Gasteiger partial charge in [-0.3, -0.25) is 4.98 Å². The molecule has 0 aliphatic carbocycles. The Morgan fingerprint density at radius 1 is 0.971 bits per heavy atom. The highest BCUT2D eigenvalue weighted by atomic mass is 35.5. The average Bonchev–Trinajstić information content (AvgIpc) is 3.50. The summed E-state index contributed by atoms with van der Waals surface area (Å²) in [7, 11) is 1.64. The number of methoxy groups -OCH3 is 1. The van der Waals surface area contributed by atoms with Crippen LogP contribution in [0.15, 0.2) is 91.3 Å². The Hall–Kier alpha value is -3.39. The summed E-state index contributed by atoms with van der Waals surface area (Å²) in [6, 6.07) is 25.8. The highest BCUT2D eigenvalue weighted by Gasteiger charge is 2.42. The Morgan fingerprint density at radius 3 is 2.54 bits per heavy atom. The molecule has 0 saturated carbocycles. The number of anilines is 1. The fraction of sp³-hybridized carbons (Fsp3) is 0.185. The first kappa shape index (κ1) is 23.4. The van der Waals surface area contributed by atoms with Crippen LogP contribution in [0.1, 0.15) is 23.5 Å². The summed E-state index contributed by atoms with van der Waals surface area (Å²) < 4.78 is 13.0. The van der Waals surface area contributed by atoms with E-state index in [2.05, 4.69) is 50.2 Å². The zero-order chi connectivity index (χ0) is 24.2. The normalized spacial score (nSPS) is 17.4. The van der Waals surface area contributed by atoms with E-state index in [4.69, 9.17) is 33.3 Å². The molecule has 0 bridgehead atoms. The zero-order valence-corrected chi connectivity index (χ0v) is 20.7. The molecule has 1 aliphatic heterocycles. The highest BCUT2D eigenvalue weighted by Crippen LogP contribution is 2.43. The lowest BCUT2D eigenvalue weighted by molar-refractivity contribution is 0.146. The maximum absolute atomic E-state index is 6.61. The second kappa shape index (κ2) is 10.5. The number of pyridine rings is 1. The fourth-order valence-electron chi connectivity index (χ4n) is 4.38. The molecule has 0 spiro atoms. The average molecular weight is 505 g/mol. The van der Waals surface area contributed by atoms with Crippen molar-refractivity contribution >= 4 is 34.6 Å². The van der Waals surface area contributed by atoms with Crippen LogP contribution in [0, 0.1) is 0 Å². The van der Waals surface area contributed by atoms with Gasteiger partial charge in [0.25, 0.3) is 0 Å². The predicted octanol–water partition coefficient (Wildman–Crippen LogP) is 5.73. The van der Waals surface area contributed by atoms with Crippen molar-refractivity contribution in [3.63, 3.8) is 0 Å². The van der Waals surface area contributed by atoms with Crippen LogP contribution in [0.4, 0.5) is 5.69 Å². The molecule has 0 radical (unpaired) electrons. The molecule has 0 amide bonds. The molecular weight excluding hydrogens is 480 g/mol. The first-order valence-corrected chi connectivity index (χ1v) is 12.1. The van der Waals surface area contributed by atoms with Crippen LogP contribution in [0.3, 0.4) is 0 Å². The largest absolute Gasteiger partial charge is 0.490 e. The van der Waals surface area contributed by atoms with Crippen LogP contribution >= 0.6 is 23.8 Å². The van der Waals surface area contributed by atoms with E-state index in [0.29, 0.717) is 29.1 Å². The van der Waals surface area contributed by atoms with Gasteiger partial charge in [0.2, 0.25) is 0 Å². The third-order valence-corrected chi connectivity index (χ3v) is 6.56. The van der Waals surface area contributed by atoms with Crippen molar-refractivity contribution in [2.24, 2.45) is 0 Å². The summed E-state index contributed by atoms with van der Waals surface area (Å²) >= 11 is 12.5. The van der Waals surface area contributed by atoms with Crippen molar-refractivity contribution in [3.05, 3.63) is 108 Å². The van der Waals surface area contributed by atoms with Gasteiger partial charge in [-0.15, -0.1) is 0 Å². The summed E-state index contributed by atoms with van der Waals surface area (Å²) in [4.78, 5) is 6.75. The Bertz CT molecular complexity index is 1300. The fourth-order valence-corrected chi connectivity index (χ4v) is 4.96. The SMILES string of the molecule is COCCOc1ccc(N2C(=S)N[C@@H](c3ccccn3)[C@@H]2c2cccn2-c2ccccc2)cc1Cl. The zero-order valence-electron chi connectivity index (χ0n) is 19.2. The highest BCUT2D eigenvalue weighted by molar-refractivity contribution is 7.80. The molecule has 4 aromatic rings. The van der Waals surface area contributed by atoms with Gasteiger partial charge < -0.3 is 24.3 Å². The molecule has 2 atom stereocenters. The standard InChI is InChI=1S/C27H25ClN4O2S/c1-33-16-17-34-24-13-12-20(18-21(24)28)32-26(25(30-27(32)35)22-10-5-6-14-29-22)23-11-7-15-31(23)19-8-3-2-4-9-19/h2-15,18,25-26H,16-17H2,1H3,(H,30,35)/t25-,26-/m0/s1. The van der Waals surface area contributed by atoms with E-state index in [1.807, 2.05) is 54.6 Å². The van der Waals surface area contributed by atoms with E-state index in [1.54, 1.807) is 13.3 Å². The van der Waals surface area contributed by atoms with Crippen molar-refractivity contribution < 1.29 is 9.47 Å². The summed E-state index contributed by atoms with van der Waals surface area (Å²) in [5.41, 5.74) is 3.94. The number of halogens is 1. The smallest absolute Gasteiger partial charge is 0.174 e. The number of aromatic nitrogens is 2. The van der Waals surface area contributed by atoms with Gasteiger partial charge in [-0.25, -0.2) is 0 Å². The van der Waals surface area contributed by atoms with Gasteiger partial charge in [-0.05, 0) is 66.8 Å². The lowest BCUT2D eigenvalue weighted by atomic mass is 10.0. The van der Waals surface area contributed by atoms with Crippen molar-refractivity contribution in [2.75, 3.05) is 25.2 Å². The molecule has 1 fully saturated rings. The molecule has 2 aromatic carbocycles. The summed E-state index contributed by atoms with van der Waals surface area (Å²) in [6.07, 6.45) is 3.87. The Balaban J connectivity index is 1.58. The van der Waals surface area contributed by atoms with Crippen molar-refractivity contribution in [1.29, 1.82) is 0 Å². The molecule has 1 aliphatic rings. The van der Waals surface area contributed by atoms with E-state index < -0.39 is 0 Å². The summed E-state index contributed by atoms with van der Waals surface area (Å²) in [6.45, 7) is 0.913. The number of hydrogen-bond donors (Lipinski definition) is 1. The number of rotatable bonds is 8. The summed E-state index contributed by atoms with van der Waals surface area (Å²) in [5.74, 6) is 0.607. The van der Waals surface area contributed by atoms with Crippen LogP contribution in [0.2, 0.25) is 5.02 Å². The molecule has 6 nitrogen and oxygen atoms in total. The molecule has 8 heteroatoms. The molecule has 2 aromatic heterocycles. The van der Waals surface area contributed by atoms with E-state index in [0.717, 1.165) is 22.8 Å². The number of nitrogens with one attached hydrogen (secondary N) is 1. The molecule has 1 saturated heterocycles. The number of benzene rings is 2.